The Labute approximate surface area is 185 Å². The summed E-state index contributed by atoms with van der Waals surface area (Å²) in [7, 11) is 3.90. The van der Waals surface area contributed by atoms with Crippen molar-refractivity contribution in [3.05, 3.63) is 41.7 Å². The van der Waals surface area contributed by atoms with E-state index in [1.807, 2.05) is 58.0 Å². The molecule has 4 rings (SSSR count). The van der Waals surface area contributed by atoms with E-state index in [1.54, 1.807) is 12.4 Å². The number of carbonyl (C=O) groups is 1. The van der Waals surface area contributed by atoms with Crippen LogP contribution in [0.4, 0.5) is 21.4 Å². The van der Waals surface area contributed by atoms with Crippen molar-refractivity contribution < 1.29 is 9.90 Å². The van der Waals surface area contributed by atoms with Gasteiger partial charge < -0.3 is 15.3 Å². The monoisotopic (exact) mass is 439 g/mol. The first kappa shape index (κ1) is 21.0. The molecule has 162 valence electrons. The number of nitrogens with one attached hydrogen (secondary N) is 1. The lowest BCUT2D eigenvalue weighted by atomic mass is 9.82. The van der Waals surface area contributed by atoms with Crippen LogP contribution in [0.5, 0.6) is 0 Å². The van der Waals surface area contributed by atoms with Gasteiger partial charge in [-0.3, -0.25) is 9.88 Å². The minimum atomic E-state index is -0.943. The fourth-order valence-corrected chi connectivity index (χ4v) is 4.56. The van der Waals surface area contributed by atoms with Gasteiger partial charge in [0.15, 0.2) is 11.6 Å². The first-order chi connectivity index (χ1) is 14.7. The Kier molecular flexibility index (Phi) is 5.26. The summed E-state index contributed by atoms with van der Waals surface area (Å²) in [4.78, 5) is 28.9. The van der Waals surface area contributed by atoms with Crippen molar-refractivity contribution in [1.29, 1.82) is 0 Å². The standard InChI is InChI=1S/C21H25N7O2S/c1-21(2,3)16-12-8-10-22-15(13(12)11-28(16)20(29)30)18-25-19(31-26-18)24-17-14(27(4)5)7-6-9-23-17/h6-10,16H,11H2,1-5H3,(H,29,30)(H,23,24,25,26). The molecule has 0 saturated heterocycles. The third-order valence-corrected chi connectivity index (χ3v) is 5.85. The topological polar surface area (TPSA) is 107 Å². The van der Waals surface area contributed by atoms with Crippen molar-refractivity contribution in [1.82, 2.24) is 24.2 Å². The van der Waals surface area contributed by atoms with Crippen LogP contribution in [-0.2, 0) is 6.54 Å². The lowest BCUT2D eigenvalue weighted by molar-refractivity contribution is 0.0900. The third-order valence-electron chi connectivity index (χ3n) is 5.22. The summed E-state index contributed by atoms with van der Waals surface area (Å²) >= 11 is 1.22. The van der Waals surface area contributed by atoms with Gasteiger partial charge in [-0.25, -0.2) is 9.78 Å². The highest BCUT2D eigenvalue weighted by Crippen LogP contribution is 2.46. The van der Waals surface area contributed by atoms with Gasteiger partial charge in [0, 0.05) is 43.6 Å². The molecule has 0 spiro atoms. The minimum absolute atomic E-state index is 0.255. The normalized spacial score (nSPS) is 15.6. The lowest BCUT2D eigenvalue weighted by Gasteiger charge is -2.33. The van der Waals surface area contributed by atoms with Gasteiger partial charge in [0.2, 0.25) is 5.13 Å². The van der Waals surface area contributed by atoms with Gasteiger partial charge in [-0.1, -0.05) is 20.8 Å². The van der Waals surface area contributed by atoms with Gasteiger partial charge in [0.25, 0.3) is 0 Å². The molecule has 2 N–H and O–H groups in total. The van der Waals surface area contributed by atoms with Crippen molar-refractivity contribution in [2.24, 2.45) is 5.41 Å². The van der Waals surface area contributed by atoms with E-state index in [0.29, 0.717) is 22.5 Å². The summed E-state index contributed by atoms with van der Waals surface area (Å²) in [5, 5.41) is 13.6. The summed E-state index contributed by atoms with van der Waals surface area (Å²) < 4.78 is 4.49. The van der Waals surface area contributed by atoms with Gasteiger partial charge >= 0.3 is 6.09 Å². The number of amides is 1. The largest absolute Gasteiger partial charge is 0.465 e. The highest BCUT2D eigenvalue weighted by molar-refractivity contribution is 7.09. The molecule has 1 unspecified atom stereocenters. The first-order valence-corrected chi connectivity index (χ1v) is 10.6. The van der Waals surface area contributed by atoms with Crippen LogP contribution in [-0.4, -0.2) is 49.5 Å². The molecule has 1 aliphatic rings. The molecular weight excluding hydrogens is 414 g/mol. The van der Waals surface area contributed by atoms with Crippen molar-refractivity contribution in [2.45, 2.75) is 33.4 Å². The first-order valence-electron chi connectivity index (χ1n) is 9.87. The summed E-state index contributed by atoms with van der Waals surface area (Å²) in [5.74, 6) is 1.16. The number of hydrogen-bond donors (Lipinski definition) is 2. The molecule has 1 aliphatic heterocycles. The number of hydrogen-bond acceptors (Lipinski definition) is 8. The predicted molar refractivity (Wildman–Crippen MR) is 121 cm³/mol. The highest BCUT2D eigenvalue weighted by atomic mass is 32.1. The van der Waals surface area contributed by atoms with Gasteiger partial charge in [-0.15, -0.1) is 0 Å². The van der Waals surface area contributed by atoms with Gasteiger partial charge in [-0.05, 0) is 29.2 Å². The summed E-state index contributed by atoms with van der Waals surface area (Å²) in [6.07, 6.45) is 2.48. The van der Waals surface area contributed by atoms with E-state index >= 15 is 0 Å². The third kappa shape index (κ3) is 3.90. The number of aromatic nitrogens is 4. The van der Waals surface area contributed by atoms with Crippen molar-refractivity contribution in [3.8, 4) is 11.5 Å². The predicted octanol–water partition coefficient (Wildman–Crippen LogP) is 4.39. The van der Waals surface area contributed by atoms with E-state index in [0.717, 1.165) is 16.8 Å². The molecule has 3 aromatic rings. The minimum Gasteiger partial charge on any atom is -0.465 e. The summed E-state index contributed by atoms with van der Waals surface area (Å²) in [6, 6.07) is 5.49. The molecule has 1 amide bonds. The second-order valence-corrected chi connectivity index (χ2v) is 9.47. The molecule has 0 fully saturated rings. The van der Waals surface area contributed by atoms with Crippen molar-refractivity contribution in [2.75, 3.05) is 24.3 Å². The SMILES string of the molecule is CN(C)c1cccnc1Nc1nc(-c2nccc3c2CN(C(=O)O)C3C(C)(C)C)ns1. The number of rotatable bonds is 4. The zero-order valence-electron chi connectivity index (χ0n) is 18.1. The molecule has 31 heavy (non-hydrogen) atoms. The van der Waals surface area contributed by atoms with E-state index in [4.69, 9.17) is 0 Å². The van der Waals surface area contributed by atoms with Crippen LogP contribution >= 0.6 is 11.5 Å². The van der Waals surface area contributed by atoms with Crippen LogP contribution in [0.25, 0.3) is 11.5 Å². The van der Waals surface area contributed by atoms with Crippen LogP contribution in [0.3, 0.4) is 0 Å². The van der Waals surface area contributed by atoms with E-state index in [-0.39, 0.29) is 18.0 Å². The number of fused-ring (bicyclic) bond motifs is 1. The zero-order chi connectivity index (χ0) is 22.3. The average Bonchev–Trinajstić information content (AvgIpc) is 3.32. The second-order valence-electron chi connectivity index (χ2n) is 8.72. The number of carboxylic acid groups (broad SMARTS) is 1. The number of pyridine rings is 2. The Morgan fingerprint density at radius 1 is 1.26 bits per heavy atom. The van der Waals surface area contributed by atoms with Crippen LogP contribution in [0.2, 0.25) is 0 Å². The molecule has 0 saturated carbocycles. The molecule has 4 heterocycles. The molecule has 3 aromatic heterocycles. The van der Waals surface area contributed by atoms with Crippen LogP contribution in [0.1, 0.15) is 37.9 Å². The highest BCUT2D eigenvalue weighted by Gasteiger charge is 2.42. The quantitative estimate of drug-likeness (QED) is 0.616. The zero-order valence-corrected chi connectivity index (χ0v) is 18.9. The molecule has 0 radical (unpaired) electrons. The lowest BCUT2D eigenvalue weighted by Crippen LogP contribution is -2.35. The van der Waals surface area contributed by atoms with Gasteiger partial charge in [0.05, 0.1) is 18.3 Å². The molecular formula is C21H25N7O2S. The fourth-order valence-electron chi connectivity index (χ4n) is 3.99. The summed E-state index contributed by atoms with van der Waals surface area (Å²) in [5.41, 5.74) is 3.12. The van der Waals surface area contributed by atoms with E-state index < -0.39 is 6.09 Å². The van der Waals surface area contributed by atoms with Crippen molar-refractivity contribution >= 4 is 34.3 Å². The van der Waals surface area contributed by atoms with Gasteiger partial charge in [0.1, 0.15) is 5.69 Å². The maximum Gasteiger partial charge on any atom is 0.408 e. The molecule has 9 nitrogen and oxygen atoms in total. The molecule has 0 bridgehead atoms. The van der Waals surface area contributed by atoms with Crippen molar-refractivity contribution in [3.63, 3.8) is 0 Å². The van der Waals surface area contributed by atoms with E-state index in [9.17, 15) is 9.90 Å². The Bertz CT molecular complexity index is 1120. The van der Waals surface area contributed by atoms with E-state index in [2.05, 4.69) is 24.6 Å². The summed E-state index contributed by atoms with van der Waals surface area (Å²) in [6.45, 7) is 6.39. The molecule has 0 aliphatic carbocycles. The molecule has 1 atom stereocenters. The Morgan fingerprint density at radius 3 is 2.71 bits per heavy atom. The smallest absolute Gasteiger partial charge is 0.408 e. The van der Waals surface area contributed by atoms with Crippen LogP contribution in [0.15, 0.2) is 30.6 Å². The Hall–Kier alpha value is -3.27. The van der Waals surface area contributed by atoms with E-state index in [1.165, 1.54) is 16.4 Å². The number of anilines is 3. The fraction of sp³-hybridized carbons (Fsp3) is 0.381. The Balaban J connectivity index is 1.69. The van der Waals surface area contributed by atoms with Crippen LogP contribution in [0, 0.1) is 5.41 Å². The molecule has 10 heteroatoms. The number of nitrogens with zero attached hydrogens (tertiary/aromatic N) is 6. The Morgan fingerprint density at radius 2 is 2.03 bits per heavy atom. The molecule has 0 aromatic carbocycles. The average molecular weight is 440 g/mol. The maximum absolute atomic E-state index is 11.9. The maximum atomic E-state index is 11.9. The van der Waals surface area contributed by atoms with Gasteiger partial charge in [-0.2, -0.15) is 9.36 Å². The second kappa shape index (κ2) is 7.77. The van der Waals surface area contributed by atoms with Crippen LogP contribution < -0.4 is 10.2 Å².